The summed E-state index contributed by atoms with van der Waals surface area (Å²) >= 11 is 7.69. The number of benzene rings is 1. The van der Waals surface area contributed by atoms with Crippen LogP contribution in [-0.2, 0) is 11.3 Å². The number of hydrogen-bond donors (Lipinski definition) is 0. The van der Waals surface area contributed by atoms with Gasteiger partial charge < -0.3 is 0 Å². The maximum atomic E-state index is 5.92. The fourth-order valence-electron chi connectivity index (χ4n) is 1.65. The normalized spacial score (nSPS) is 12.3. The summed E-state index contributed by atoms with van der Waals surface area (Å²) in [7, 11) is 0. The second-order valence-electron chi connectivity index (χ2n) is 4.86. The van der Waals surface area contributed by atoms with Crippen molar-refractivity contribution in [2.75, 3.05) is 0 Å². The highest BCUT2D eigenvalue weighted by Crippen LogP contribution is 2.32. The molecule has 0 unspecified atom stereocenters. The minimum atomic E-state index is 0.208. The number of fused-ring (bicyclic) bond motifs is 1. The maximum absolute atomic E-state index is 5.92. The average molecular weight is 239 g/mol. The first-order chi connectivity index (χ1) is 7.02. The van der Waals surface area contributed by atoms with Gasteiger partial charge in [-0.3, -0.25) is 0 Å². The molecule has 1 heterocycles. The summed E-state index contributed by atoms with van der Waals surface area (Å²) in [5.74, 6) is 0.605. The summed E-state index contributed by atoms with van der Waals surface area (Å²) in [6.45, 7) is 6.71. The molecule has 0 saturated heterocycles. The third kappa shape index (κ3) is 2.04. The minimum Gasteiger partial charge on any atom is -0.143 e. The Balaban J connectivity index is 2.63. The van der Waals surface area contributed by atoms with Crippen LogP contribution in [0.2, 0.25) is 0 Å². The first kappa shape index (κ1) is 11.0. The van der Waals surface area contributed by atoms with Gasteiger partial charge >= 0.3 is 0 Å². The predicted octanol–water partition coefficient (Wildman–Crippen LogP) is 4.94. The molecule has 0 bridgehead atoms. The Kier molecular flexibility index (Phi) is 2.78. The van der Waals surface area contributed by atoms with Crippen LogP contribution in [0.3, 0.4) is 0 Å². The molecule has 0 aliphatic heterocycles. The lowest BCUT2D eigenvalue weighted by Gasteiger charge is -2.19. The molecule has 2 rings (SSSR count). The van der Waals surface area contributed by atoms with Gasteiger partial charge in [-0.2, -0.15) is 0 Å². The quantitative estimate of drug-likeness (QED) is 0.618. The Bertz CT molecular complexity index is 477. The van der Waals surface area contributed by atoms with Gasteiger partial charge in [-0.15, -0.1) is 22.9 Å². The van der Waals surface area contributed by atoms with E-state index < -0.39 is 0 Å². The van der Waals surface area contributed by atoms with Crippen molar-refractivity contribution >= 4 is 33.0 Å². The van der Waals surface area contributed by atoms with Crippen molar-refractivity contribution in [3.63, 3.8) is 0 Å². The van der Waals surface area contributed by atoms with E-state index in [1.54, 1.807) is 11.3 Å². The summed E-state index contributed by atoms with van der Waals surface area (Å²) in [5, 5.41) is 3.48. The molecular weight excluding hydrogens is 224 g/mol. The van der Waals surface area contributed by atoms with Crippen LogP contribution in [0.25, 0.3) is 10.1 Å². The highest BCUT2D eigenvalue weighted by atomic mass is 35.5. The van der Waals surface area contributed by atoms with E-state index in [4.69, 9.17) is 11.6 Å². The zero-order valence-electron chi connectivity index (χ0n) is 9.30. The molecule has 0 atom stereocenters. The Labute approximate surface area is 99.9 Å². The van der Waals surface area contributed by atoms with Crippen LogP contribution < -0.4 is 0 Å². The van der Waals surface area contributed by atoms with Gasteiger partial charge in [0.05, 0.1) is 0 Å². The summed E-state index contributed by atoms with van der Waals surface area (Å²) in [6, 6.07) is 6.71. The predicted molar refractivity (Wildman–Crippen MR) is 70.1 cm³/mol. The molecule has 1 aromatic heterocycles. The monoisotopic (exact) mass is 238 g/mol. The Morgan fingerprint density at radius 3 is 2.60 bits per heavy atom. The molecule has 15 heavy (non-hydrogen) atoms. The highest BCUT2D eigenvalue weighted by Gasteiger charge is 2.14. The van der Waals surface area contributed by atoms with E-state index in [1.165, 1.54) is 21.2 Å². The van der Waals surface area contributed by atoms with E-state index in [0.717, 1.165) is 0 Å². The standard InChI is InChI=1S/C13H15ClS/c1-13(2,3)10-4-5-12-11(6-10)9(7-14)8-15-12/h4-6,8H,7H2,1-3H3. The zero-order chi connectivity index (χ0) is 11.1. The molecular formula is C13H15ClS. The Morgan fingerprint density at radius 2 is 2.00 bits per heavy atom. The fourth-order valence-corrected chi connectivity index (χ4v) is 2.91. The lowest BCUT2D eigenvalue weighted by Crippen LogP contribution is -2.10. The summed E-state index contributed by atoms with van der Waals surface area (Å²) in [6.07, 6.45) is 0. The van der Waals surface area contributed by atoms with Crippen LogP contribution in [0.15, 0.2) is 23.6 Å². The second-order valence-corrected chi connectivity index (χ2v) is 6.03. The van der Waals surface area contributed by atoms with Crippen molar-refractivity contribution in [3.05, 3.63) is 34.7 Å². The van der Waals surface area contributed by atoms with Crippen LogP contribution in [0.4, 0.5) is 0 Å². The minimum absolute atomic E-state index is 0.208. The molecule has 0 aliphatic rings. The van der Waals surface area contributed by atoms with E-state index >= 15 is 0 Å². The third-order valence-electron chi connectivity index (χ3n) is 2.66. The van der Waals surface area contributed by atoms with Gasteiger partial charge in [-0.25, -0.2) is 0 Å². The number of rotatable bonds is 1. The molecule has 0 radical (unpaired) electrons. The maximum Gasteiger partial charge on any atom is 0.0488 e. The van der Waals surface area contributed by atoms with Crippen molar-refractivity contribution in [2.45, 2.75) is 32.1 Å². The van der Waals surface area contributed by atoms with Crippen LogP contribution >= 0.6 is 22.9 Å². The SMILES string of the molecule is CC(C)(C)c1ccc2scc(CCl)c2c1. The molecule has 0 aliphatic carbocycles. The van der Waals surface area contributed by atoms with Gasteiger partial charge in [-0.1, -0.05) is 26.8 Å². The van der Waals surface area contributed by atoms with Crippen molar-refractivity contribution in [1.29, 1.82) is 0 Å². The van der Waals surface area contributed by atoms with E-state index in [0.29, 0.717) is 5.88 Å². The molecule has 2 heteroatoms. The smallest absolute Gasteiger partial charge is 0.0488 e. The number of hydrogen-bond acceptors (Lipinski definition) is 1. The zero-order valence-corrected chi connectivity index (χ0v) is 10.9. The Hall–Kier alpha value is -0.530. The van der Waals surface area contributed by atoms with E-state index in [2.05, 4.69) is 44.4 Å². The second kappa shape index (κ2) is 3.80. The first-order valence-electron chi connectivity index (χ1n) is 5.09. The highest BCUT2D eigenvalue weighted by molar-refractivity contribution is 7.17. The molecule has 0 nitrogen and oxygen atoms in total. The van der Waals surface area contributed by atoms with E-state index in [-0.39, 0.29) is 5.41 Å². The van der Waals surface area contributed by atoms with Crippen molar-refractivity contribution in [3.8, 4) is 0 Å². The molecule has 0 saturated carbocycles. The lowest BCUT2D eigenvalue weighted by atomic mass is 9.86. The van der Waals surface area contributed by atoms with Crippen LogP contribution in [-0.4, -0.2) is 0 Å². The summed E-state index contributed by atoms with van der Waals surface area (Å²) in [5.41, 5.74) is 2.84. The first-order valence-corrected chi connectivity index (χ1v) is 6.50. The van der Waals surface area contributed by atoms with Crippen molar-refractivity contribution in [2.24, 2.45) is 0 Å². The van der Waals surface area contributed by atoms with Crippen LogP contribution in [0, 0.1) is 0 Å². The average Bonchev–Trinajstić information content (AvgIpc) is 2.57. The van der Waals surface area contributed by atoms with Gasteiger partial charge in [0.15, 0.2) is 0 Å². The molecule has 1 aromatic carbocycles. The van der Waals surface area contributed by atoms with Gasteiger partial charge in [0, 0.05) is 10.6 Å². The summed E-state index contributed by atoms with van der Waals surface area (Å²) in [4.78, 5) is 0. The van der Waals surface area contributed by atoms with E-state index in [9.17, 15) is 0 Å². The van der Waals surface area contributed by atoms with Crippen molar-refractivity contribution in [1.82, 2.24) is 0 Å². The molecule has 0 spiro atoms. The number of halogens is 1. The summed E-state index contributed by atoms with van der Waals surface area (Å²) < 4.78 is 1.33. The lowest BCUT2D eigenvalue weighted by molar-refractivity contribution is 0.591. The molecule has 0 amide bonds. The van der Waals surface area contributed by atoms with Gasteiger partial charge in [0.2, 0.25) is 0 Å². The molecule has 2 aromatic rings. The number of alkyl halides is 1. The van der Waals surface area contributed by atoms with Gasteiger partial charge in [-0.05, 0) is 39.4 Å². The molecule has 80 valence electrons. The van der Waals surface area contributed by atoms with Crippen molar-refractivity contribution < 1.29 is 0 Å². The fraction of sp³-hybridized carbons (Fsp3) is 0.385. The number of thiophene rings is 1. The third-order valence-corrected chi connectivity index (χ3v) is 3.96. The van der Waals surface area contributed by atoms with Crippen LogP contribution in [0.1, 0.15) is 31.9 Å². The van der Waals surface area contributed by atoms with Gasteiger partial charge in [0.1, 0.15) is 0 Å². The molecule has 0 fully saturated rings. The van der Waals surface area contributed by atoms with E-state index in [1.807, 2.05) is 0 Å². The molecule has 0 N–H and O–H groups in total. The topological polar surface area (TPSA) is 0 Å². The van der Waals surface area contributed by atoms with Gasteiger partial charge in [0.25, 0.3) is 0 Å². The van der Waals surface area contributed by atoms with Crippen LogP contribution in [0.5, 0.6) is 0 Å². The largest absolute Gasteiger partial charge is 0.143 e. The Morgan fingerprint density at radius 1 is 1.27 bits per heavy atom.